The molecule has 0 spiro atoms. The molecule has 7 heteroatoms. The molecule has 2 heterocycles. The van der Waals surface area contributed by atoms with Crippen molar-refractivity contribution in [3.63, 3.8) is 0 Å². The molecule has 1 atom stereocenters. The quantitative estimate of drug-likeness (QED) is 0.805. The molecule has 0 aliphatic carbocycles. The molecule has 1 aliphatic heterocycles. The SMILES string of the molecule is COc1ccc(C(=O)N2CCC[C@H](Cn3ccnc3C)C2)c(OCCN)c1. The van der Waals surface area contributed by atoms with Gasteiger partial charge in [-0.2, -0.15) is 0 Å². The fraction of sp³-hybridized carbons (Fsp3) is 0.500. The molecule has 0 bridgehead atoms. The maximum absolute atomic E-state index is 13.2. The van der Waals surface area contributed by atoms with Crippen LogP contribution >= 0.6 is 0 Å². The van der Waals surface area contributed by atoms with Gasteiger partial charge < -0.3 is 24.7 Å². The molecule has 7 nitrogen and oxygen atoms in total. The maximum Gasteiger partial charge on any atom is 0.257 e. The van der Waals surface area contributed by atoms with Gasteiger partial charge in [0.05, 0.1) is 12.7 Å². The summed E-state index contributed by atoms with van der Waals surface area (Å²) < 4.78 is 13.1. The number of ether oxygens (including phenoxy) is 2. The zero-order valence-corrected chi connectivity index (χ0v) is 16.1. The average Bonchev–Trinajstić information content (AvgIpc) is 3.10. The molecule has 1 fully saturated rings. The van der Waals surface area contributed by atoms with E-state index >= 15 is 0 Å². The number of rotatable bonds is 7. The number of likely N-dealkylation sites (tertiary alicyclic amines) is 1. The number of aryl methyl sites for hydroxylation is 1. The number of aromatic nitrogens is 2. The first-order valence-electron chi connectivity index (χ1n) is 9.40. The van der Waals surface area contributed by atoms with Gasteiger partial charge in [0.1, 0.15) is 23.9 Å². The van der Waals surface area contributed by atoms with Crippen molar-refractivity contribution in [1.29, 1.82) is 0 Å². The molecule has 2 N–H and O–H groups in total. The summed E-state index contributed by atoms with van der Waals surface area (Å²) in [5.74, 6) is 2.60. The van der Waals surface area contributed by atoms with Crippen molar-refractivity contribution in [1.82, 2.24) is 14.5 Å². The Kier molecular flexibility index (Phi) is 6.34. The van der Waals surface area contributed by atoms with E-state index in [9.17, 15) is 4.79 Å². The summed E-state index contributed by atoms with van der Waals surface area (Å²) in [6, 6.07) is 5.31. The lowest BCUT2D eigenvalue weighted by Gasteiger charge is -2.33. The number of carbonyl (C=O) groups is 1. The lowest BCUT2D eigenvalue weighted by atomic mass is 9.97. The van der Waals surface area contributed by atoms with E-state index in [2.05, 4.69) is 9.55 Å². The second-order valence-corrected chi connectivity index (χ2v) is 6.89. The molecule has 2 aromatic rings. The van der Waals surface area contributed by atoms with Crippen LogP contribution in [-0.4, -0.2) is 53.7 Å². The van der Waals surface area contributed by atoms with Crippen molar-refractivity contribution in [3.05, 3.63) is 42.0 Å². The van der Waals surface area contributed by atoms with Gasteiger partial charge in [0.2, 0.25) is 0 Å². The minimum Gasteiger partial charge on any atom is -0.497 e. The van der Waals surface area contributed by atoms with E-state index < -0.39 is 0 Å². The number of nitrogens with zero attached hydrogens (tertiary/aromatic N) is 3. The van der Waals surface area contributed by atoms with E-state index in [1.165, 1.54) is 0 Å². The minimum absolute atomic E-state index is 0.00303. The predicted molar refractivity (Wildman–Crippen MR) is 103 cm³/mol. The molecule has 1 amide bonds. The monoisotopic (exact) mass is 372 g/mol. The third kappa shape index (κ3) is 4.60. The summed E-state index contributed by atoms with van der Waals surface area (Å²) in [6.07, 6.45) is 5.93. The van der Waals surface area contributed by atoms with Crippen LogP contribution in [0.15, 0.2) is 30.6 Å². The standard InChI is InChI=1S/C20H28N4O3/c1-15-22-8-10-23(15)13-16-4-3-9-24(14-16)20(25)18-6-5-17(26-2)12-19(18)27-11-7-21/h5-6,8,10,12,16H,3-4,7,9,11,13-14,21H2,1-2H3/t16-/m1/s1. The topological polar surface area (TPSA) is 82.6 Å². The third-order valence-electron chi connectivity index (χ3n) is 4.98. The van der Waals surface area contributed by atoms with E-state index in [4.69, 9.17) is 15.2 Å². The van der Waals surface area contributed by atoms with Crippen LogP contribution in [0.25, 0.3) is 0 Å². The highest BCUT2D eigenvalue weighted by Crippen LogP contribution is 2.28. The van der Waals surface area contributed by atoms with Crippen molar-refractivity contribution in [3.8, 4) is 11.5 Å². The molecule has 1 saturated heterocycles. The van der Waals surface area contributed by atoms with E-state index in [0.717, 1.165) is 38.3 Å². The van der Waals surface area contributed by atoms with Crippen molar-refractivity contribution >= 4 is 5.91 Å². The number of benzene rings is 1. The lowest BCUT2D eigenvalue weighted by Crippen LogP contribution is -2.41. The molecule has 27 heavy (non-hydrogen) atoms. The number of methoxy groups -OCH3 is 1. The number of carbonyl (C=O) groups excluding carboxylic acids is 1. The van der Waals surface area contributed by atoms with Crippen LogP contribution < -0.4 is 15.2 Å². The van der Waals surface area contributed by atoms with Gasteiger partial charge in [0, 0.05) is 44.6 Å². The fourth-order valence-corrected chi connectivity index (χ4v) is 3.54. The smallest absolute Gasteiger partial charge is 0.257 e. The molecular formula is C20H28N4O3. The van der Waals surface area contributed by atoms with E-state index in [0.29, 0.717) is 36.1 Å². The summed E-state index contributed by atoms with van der Waals surface area (Å²) in [4.78, 5) is 19.4. The number of hydrogen-bond acceptors (Lipinski definition) is 5. The average molecular weight is 372 g/mol. The van der Waals surface area contributed by atoms with Crippen LogP contribution in [0.4, 0.5) is 0 Å². The Labute approximate surface area is 160 Å². The van der Waals surface area contributed by atoms with Crippen molar-refractivity contribution in [2.24, 2.45) is 11.7 Å². The molecular weight excluding hydrogens is 344 g/mol. The molecule has 0 radical (unpaired) electrons. The Hall–Kier alpha value is -2.54. The molecule has 0 unspecified atom stereocenters. The zero-order chi connectivity index (χ0) is 19.2. The first-order chi connectivity index (χ1) is 13.1. The summed E-state index contributed by atoms with van der Waals surface area (Å²) in [5, 5.41) is 0. The summed E-state index contributed by atoms with van der Waals surface area (Å²) in [7, 11) is 1.59. The Balaban J connectivity index is 1.73. The van der Waals surface area contributed by atoms with Crippen LogP contribution in [0.3, 0.4) is 0 Å². The number of amides is 1. The molecule has 1 aromatic heterocycles. The van der Waals surface area contributed by atoms with E-state index in [1.807, 2.05) is 24.2 Å². The highest BCUT2D eigenvalue weighted by atomic mass is 16.5. The van der Waals surface area contributed by atoms with Gasteiger partial charge in [-0.05, 0) is 37.8 Å². The van der Waals surface area contributed by atoms with Gasteiger partial charge in [0.15, 0.2) is 0 Å². The Bertz CT molecular complexity index is 774. The highest BCUT2D eigenvalue weighted by molar-refractivity contribution is 5.97. The summed E-state index contributed by atoms with van der Waals surface area (Å²) >= 11 is 0. The van der Waals surface area contributed by atoms with Crippen LogP contribution in [0, 0.1) is 12.8 Å². The normalized spacial score (nSPS) is 17.0. The molecule has 3 rings (SSSR count). The number of piperidine rings is 1. The lowest BCUT2D eigenvalue weighted by molar-refractivity contribution is 0.0657. The number of nitrogens with two attached hydrogens (primary N) is 1. The Morgan fingerprint density at radius 3 is 2.96 bits per heavy atom. The van der Waals surface area contributed by atoms with E-state index in [1.54, 1.807) is 25.3 Å². The van der Waals surface area contributed by atoms with Crippen LogP contribution in [0.5, 0.6) is 11.5 Å². The van der Waals surface area contributed by atoms with Crippen LogP contribution in [-0.2, 0) is 6.54 Å². The van der Waals surface area contributed by atoms with Gasteiger partial charge in [0.25, 0.3) is 5.91 Å². The number of imidazole rings is 1. The Morgan fingerprint density at radius 2 is 2.26 bits per heavy atom. The van der Waals surface area contributed by atoms with E-state index in [-0.39, 0.29) is 5.91 Å². The van der Waals surface area contributed by atoms with Gasteiger partial charge in [-0.25, -0.2) is 4.98 Å². The maximum atomic E-state index is 13.2. The van der Waals surface area contributed by atoms with Gasteiger partial charge in [-0.3, -0.25) is 4.79 Å². The summed E-state index contributed by atoms with van der Waals surface area (Å²) in [6.45, 7) is 5.13. The largest absolute Gasteiger partial charge is 0.497 e. The zero-order valence-electron chi connectivity index (χ0n) is 16.1. The van der Waals surface area contributed by atoms with Gasteiger partial charge in [-0.1, -0.05) is 0 Å². The Morgan fingerprint density at radius 1 is 1.41 bits per heavy atom. The first kappa shape index (κ1) is 19.2. The minimum atomic E-state index is -0.00303. The molecule has 1 aromatic carbocycles. The summed E-state index contributed by atoms with van der Waals surface area (Å²) in [5.41, 5.74) is 6.11. The second-order valence-electron chi connectivity index (χ2n) is 6.89. The van der Waals surface area contributed by atoms with Gasteiger partial charge in [-0.15, -0.1) is 0 Å². The number of hydrogen-bond donors (Lipinski definition) is 1. The second kappa shape index (κ2) is 8.90. The third-order valence-corrected chi connectivity index (χ3v) is 4.98. The first-order valence-corrected chi connectivity index (χ1v) is 9.40. The van der Waals surface area contributed by atoms with Gasteiger partial charge >= 0.3 is 0 Å². The highest BCUT2D eigenvalue weighted by Gasteiger charge is 2.27. The van der Waals surface area contributed by atoms with Crippen molar-refractivity contribution < 1.29 is 14.3 Å². The molecule has 146 valence electrons. The van der Waals surface area contributed by atoms with Crippen molar-refractivity contribution in [2.45, 2.75) is 26.3 Å². The molecule has 1 aliphatic rings. The predicted octanol–water partition coefficient (Wildman–Crippen LogP) is 2.09. The fourth-order valence-electron chi connectivity index (χ4n) is 3.54. The van der Waals surface area contributed by atoms with Crippen molar-refractivity contribution in [2.75, 3.05) is 33.4 Å². The van der Waals surface area contributed by atoms with Crippen LogP contribution in [0.1, 0.15) is 29.0 Å². The molecule has 0 saturated carbocycles. The van der Waals surface area contributed by atoms with Crippen LogP contribution in [0.2, 0.25) is 0 Å².